The van der Waals surface area contributed by atoms with Crippen LogP contribution in [0.15, 0.2) is 138 Å². The zero-order valence-electron chi connectivity index (χ0n) is 25.8. The number of nitrogens with one attached hydrogen (secondary N) is 3. The lowest BCUT2D eigenvalue weighted by Crippen LogP contribution is -2.17. The molecule has 0 unspecified atom stereocenters. The SMILES string of the molecule is O=C(CSc1nnc(-c2cccnc2)n1Cc1ccco1)Nc1ccccc1CC(c1c[nH]c2ccccc12)c1c[nH]c2ccccc12. The van der Waals surface area contributed by atoms with Crippen molar-refractivity contribution in [1.29, 1.82) is 0 Å². The molecule has 3 N–H and O–H groups in total. The van der Waals surface area contributed by atoms with E-state index >= 15 is 0 Å². The van der Waals surface area contributed by atoms with Gasteiger partial charge in [-0.3, -0.25) is 14.3 Å². The minimum absolute atomic E-state index is 0.0378. The Balaban J connectivity index is 1.05. The van der Waals surface area contributed by atoms with Crippen LogP contribution < -0.4 is 5.32 Å². The van der Waals surface area contributed by atoms with Crippen molar-refractivity contribution in [3.05, 3.63) is 151 Å². The van der Waals surface area contributed by atoms with E-state index < -0.39 is 0 Å². The molecule has 10 heteroatoms. The van der Waals surface area contributed by atoms with Crippen LogP contribution >= 0.6 is 11.8 Å². The highest BCUT2D eigenvalue weighted by atomic mass is 32.2. The molecular weight excluding hydrogens is 619 g/mol. The summed E-state index contributed by atoms with van der Waals surface area (Å²) in [6.07, 6.45) is 10.0. The number of hydrogen-bond acceptors (Lipinski definition) is 6. The van der Waals surface area contributed by atoms with Crippen molar-refractivity contribution >= 4 is 45.2 Å². The second kappa shape index (κ2) is 13.1. The van der Waals surface area contributed by atoms with Crippen LogP contribution in [0.5, 0.6) is 0 Å². The molecule has 5 heterocycles. The van der Waals surface area contributed by atoms with Crippen LogP contribution in [0.1, 0.15) is 28.4 Å². The summed E-state index contributed by atoms with van der Waals surface area (Å²) in [7, 11) is 0. The molecular formula is C38H31N7O2S. The van der Waals surface area contributed by atoms with E-state index in [0.717, 1.165) is 33.6 Å². The molecule has 0 aliphatic carbocycles. The number of anilines is 1. The highest BCUT2D eigenvalue weighted by Crippen LogP contribution is 2.38. The first-order valence-electron chi connectivity index (χ1n) is 15.7. The van der Waals surface area contributed by atoms with Crippen LogP contribution in [0, 0.1) is 0 Å². The number of thioether (sulfide) groups is 1. The van der Waals surface area contributed by atoms with Gasteiger partial charge in [0.15, 0.2) is 11.0 Å². The largest absolute Gasteiger partial charge is 0.467 e. The quantitative estimate of drug-likeness (QED) is 0.122. The third-order valence-electron chi connectivity index (χ3n) is 8.57. The fourth-order valence-electron chi connectivity index (χ4n) is 6.31. The van der Waals surface area contributed by atoms with Gasteiger partial charge in [0.05, 0.1) is 18.6 Å². The normalized spacial score (nSPS) is 11.5. The van der Waals surface area contributed by atoms with E-state index in [2.05, 4.69) is 85.3 Å². The van der Waals surface area contributed by atoms with Crippen LogP contribution in [0.25, 0.3) is 33.2 Å². The Bertz CT molecular complexity index is 2250. The first kappa shape index (κ1) is 29.5. The van der Waals surface area contributed by atoms with Crippen molar-refractivity contribution in [2.24, 2.45) is 0 Å². The lowest BCUT2D eigenvalue weighted by molar-refractivity contribution is -0.113. The van der Waals surface area contributed by atoms with E-state index in [9.17, 15) is 4.79 Å². The first-order chi connectivity index (χ1) is 23.7. The van der Waals surface area contributed by atoms with Gasteiger partial charge < -0.3 is 19.7 Å². The fraction of sp³-hybridized carbons (Fsp3) is 0.105. The number of carbonyl (C=O) groups is 1. The Kier molecular flexibility index (Phi) is 8.05. The van der Waals surface area contributed by atoms with Gasteiger partial charge >= 0.3 is 0 Å². The maximum atomic E-state index is 13.5. The van der Waals surface area contributed by atoms with Crippen molar-refractivity contribution in [2.45, 2.75) is 24.0 Å². The average Bonchev–Trinajstić information content (AvgIpc) is 3.95. The van der Waals surface area contributed by atoms with E-state index in [1.807, 2.05) is 59.2 Å². The van der Waals surface area contributed by atoms with Gasteiger partial charge in [-0.2, -0.15) is 0 Å². The second-order valence-corrected chi connectivity index (χ2v) is 12.5. The molecule has 5 aromatic heterocycles. The number of para-hydroxylation sites is 3. The molecule has 0 aliphatic heterocycles. The summed E-state index contributed by atoms with van der Waals surface area (Å²) >= 11 is 1.34. The van der Waals surface area contributed by atoms with Gasteiger partial charge in [-0.1, -0.05) is 66.4 Å². The molecule has 0 bridgehead atoms. The number of carbonyl (C=O) groups excluding carboxylic acids is 1. The Hall–Kier alpha value is -5.87. The zero-order valence-corrected chi connectivity index (χ0v) is 26.7. The number of benzene rings is 3. The Morgan fingerprint density at radius 3 is 2.27 bits per heavy atom. The summed E-state index contributed by atoms with van der Waals surface area (Å²) in [4.78, 5) is 24.7. The smallest absolute Gasteiger partial charge is 0.234 e. The van der Waals surface area contributed by atoms with Gasteiger partial charge in [-0.15, -0.1) is 10.2 Å². The lowest BCUT2D eigenvalue weighted by atomic mass is 9.85. The van der Waals surface area contributed by atoms with Crippen molar-refractivity contribution in [3.8, 4) is 11.4 Å². The topological polar surface area (TPSA) is 117 Å². The van der Waals surface area contributed by atoms with Crippen LogP contribution in [-0.2, 0) is 17.8 Å². The molecule has 0 atom stereocenters. The minimum atomic E-state index is -0.126. The number of H-pyrrole nitrogens is 2. The Morgan fingerprint density at radius 2 is 1.56 bits per heavy atom. The number of aromatic nitrogens is 6. The molecule has 9 nitrogen and oxygen atoms in total. The summed E-state index contributed by atoms with van der Waals surface area (Å²) in [6, 6.07) is 32.4. The standard InChI is InChI=1S/C38H31N7O2S/c46-36(24-48-38-44-43-37(26-10-7-17-39-20-26)45(38)23-27-11-8-18-47-27)42-33-14-4-1-9-25(33)19-30(31-21-40-34-15-5-2-12-28(31)34)32-22-41-35-16-6-3-13-29(32)35/h1-18,20-22,30,40-41H,19,23-24H2,(H,42,46). The molecule has 8 rings (SSSR count). The number of pyridine rings is 1. The number of furan rings is 1. The molecule has 0 radical (unpaired) electrons. The van der Waals surface area contributed by atoms with Crippen molar-refractivity contribution in [2.75, 3.05) is 11.1 Å². The monoisotopic (exact) mass is 649 g/mol. The van der Waals surface area contributed by atoms with Crippen LogP contribution in [-0.4, -0.2) is 41.4 Å². The van der Waals surface area contributed by atoms with Crippen molar-refractivity contribution in [3.63, 3.8) is 0 Å². The van der Waals surface area contributed by atoms with E-state index in [4.69, 9.17) is 4.42 Å². The van der Waals surface area contributed by atoms with Crippen LogP contribution in [0.3, 0.4) is 0 Å². The van der Waals surface area contributed by atoms with Crippen molar-refractivity contribution in [1.82, 2.24) is 29.7 Å². The van der Waals surface area contributed by atoms with Gasteiger partial charge in [0, 0.05) is 63.8 Å². The molecule has 1 amide bonds. The molecule has 0 spiro atoms. The molecule has 0 fully saturated rings. The highest BCUT2D eigenvalue weighted by molar-refractivity contribution is 7.99. The maximum Gasteiger partial charge on any atom is 0.234 e. The number of rotatable bonds is 11. The minimum Gasteiger partial charge on any atom is -0.467 e. The molecule has 8 aromatic rings. The number of hydrogen-bond donors (Lipinski definition) is 3. The first-order valence-corrected chi connectivity index (χ1v) is 16.7. The molecule has 3 aromatic carbocycles. The fourth-order valence-corrected chi connectivity index (χ4v) is 7.05. The predicted octanol–water partition coefficient (Wildman–Crippen LogP) is 8.05. The zero-order chi connectivity index (χ0) is 32.3. The van der Waals surface area contributed by atoms with Crippen LogP contribution in [0.2, 0.25) is 0 Å². The van der Waals surface area contributed by atoms with Crippen LogP contribution in [0.4, 0.5) is 5.69 Å². The highest BCUT2D eigenvalue weighted by Gasteiger charge is 2.24. The molecule has 0 saturated heterocycles. The third-order valence-corrected chi connectivity index (χ3v) is 9.54. The second-order valence-electron chi connectivity index (χ2n) is 11.5. The third kappa shape index (κ3) is 5.89. The number of amides is 1. The molecule has 236 valence electrons. The predicted molar refractivity (Wildman–Crippen MR) is 189 cm³/mol. The van der Waals surface area contributed by atoms with Gasteiger partial charge in [0.2, 0.25) is 5.91 Å². The summed E-state index contributed by atoms with van der Waals surface area (Å²) in [5, 5.41) is 15.1. The molecule has 0 saturated carbocycles. The van der Waals surface area contributed by atoms with E-state index in [1.165, 1.54) is 33.7 Å². The average molecular weight is 650 g/mol. The summed E-state index contributed by atoms with van der Waals surface area (Å²) in [6.45, 7) is 0.431. The van der Waals surface area contributed by atoms with Crippen molar-refractivity contribution < 1.29 is 9.21 Å². The summed E-state index contributed by atoms with van der Waals surface area (Å²) < 4.78 is 7.57. The lowest BCUT2D eigenvalue weighted by Gasteiger charge is -2.19. The summed E-state index contributed by atoms with van der Waals surface area (Å²) in [5.41, 5.74) is 7.31. The van der Waals surface area contributed by atoms with Gasteiger partial charge in [-0.25, -0.2) is 0 Å². The van der Waals surface area contributed by atoms with Gasteiger partial charge in [-0.05, 0) is 65.6 Å². The number of fused-ring (bicyclic) bond motifs is 2. The maximum absolute atomic E-state index is 13.5. The van der Waals surface area contributed by atoms with E-state index in [-0.39, 0.29) is 17.6 Å². The number of aromatic amines is 2. The Morgan fingerprint density at radius 1 is 0.833 bits per heavy atom. The molecule has 0 aliphatic rings. The van der Waals surface area contributed by atoms with E-state index in [0.29, 0.717) is 23.9 Å². The summed E-state index contributed by atoms with van der Waals surface area (Å²) in [5.74, 6) is 1.49. The number of nitrogens with zero attached hydrogens (tertiary/aromatic N) is 4. The Labute approximate surface area is 280 Å². The van der Waals surface area contributed by atoms with E-state index in [1.54, 1.807) is 18.7 Å². The molecule has 48 heavy (non-hydrogen) atoms. The van der Waals surface area contributed by atoms with Gasteiger partial charge in [0.1, 0.15) is 5.76 Å². The van der Waals surface area contributed by atoms with Gasteiger partial charge in [0.25, 0.3) is 0 Å².